The minimum atomic E-state index is -0.968. The SMILES string of the molecule is Cc1ccc(-c2cnc([C@H](C)NC(=O)[C@H](CC(=O)N3CCCC[C@@H]3C)NC(=O)CC3CC3)[nH]2)c(F)c1. The Kier molecular flexibility index (Phi) is 8.06. The van der Waals surface area contributed by atoms with Gasteiger partial charge in [0.15, 0.2) is 0 Å². The second-order valence-electron chi connectivity index (χ2n) is 10.3. The monoisotopic (exact) mass is 497 g/mol. The number of aryl methyl sites for hydroxylation is 1. The van der Waals surface area contributed by atoms with Crippen LogP contribution in [-0.4, -0.2) is 51.2 Å². The lowest BCUT2D eigenvalue weighted by atomic mass is 10.0. The van der Waals surface area contributed by atoms with Crippen molar-refractivity contribution in [2.24, 2.45) is 5.92 Å². The Hall–Kier alpha value is -3.23. The number of H-pyrrole nitrogens is 1. The van der Waals surface area contributed by atoms with Crippen LogP contribution in [0.5, 0.6) is 0 Å². The van der Waals surface area contributed by atoms with Gasteiger partial charge < -0.3 is 20.5 Å². The van der Waals surface area contributed by atoms with Crippen LogP contribution < -0.4 is 10.6 Å². The van der Waals surface area contributed by atoms with Crippen molar-refractivity contribution in [3.63, 3.8) is 0 Å². The van der Waals surface area contributed by atoms with E-state index in [2.05, 4.69) is 20.6 Å². The van der Waals surface area contributed by atoms with Crippen molar-refractivity contribution >= 4 is 17.7 Å². The van der Waals surface area contributed by atoms with E-state index >= 15 is 0 Å². The summed E-state index contributed by atoms with van der Waals surface area (Å²) in [6.45, 7) is 6.26. The van der Waals surface area contributed by atoms with Crippen LogP contribution in [0.3, 0.4) is 0 Å². The van der Waals surface area contributed by atoms with E-state index in [0.717, 1.165) is 37.7 Å². The molecule has 2 aliphatic rings. The number of halogens is 1. The fourth-order valence-electron chi connectivity index (χ4n) is 4.72. The second-order valence-corrected chi connectivity index (χ2v) is 10.3. The normalized spacial score (nSPS) is 19.4. The van der Waals surface area contributed by atoms with Crippen molar-refractivity contribution < 1.29 is 18.8 Å². The van der Waals surface area contributed by atoms with Crippen LogP contribution in [-0.2, 0) is 14.4 Å². The summed E-state index contributed by atoms with van der Waals surface area (Å²) in [5.74, 6) is -0.307. The number of likely N-dealkylation sites (tertiary alicyclic amines) is 1. The first-order valence-corrected chi connectivity index (χ1v) is 12.9. The van der Waals surface area contributed by atoms with Crippen LogP contribution in [0.15, 0.2) is 24.4 Å². The molecule has 0 spiro atoms. The highest BCUT2D eigenvalue weighted by Gasteiger charge is 2.32. The lowest BCUT2D eigenvalue weighted by Crippen LogP contribution is -2.51. The van der Waals surface area contributed by atoms with Gasteiger partial charge in [-0.15, -0.1) is 0 Å². The zero-order valence-corrected chi connectivity index (χ0v) is 21.3. The minimum Gasteiger partial charge on any atom is -0.345 e. The second kappa shape index (κ2) is 11.2. The van der Waals surface area contributed by atoms with Crippen LogP contribution >= 0.6 is 0 Å². The molecular formula is C27H36FN5O3. The Morgan fingerprint density at radius 1 is 1.19 bits per heavy atom. The molecule has 36 heavy (non-hydrogen) atoms. The van der Waals surface area contributed by atoms with Crippen molar-refractivity contribution in [2.45, 2.75) is 83.8 Å². The number of aromatic nitrogens is 2. The van der Waals surface area contributed by atoms with Crippen LogP contribution in [0.4, 0.5) is 4.39 Å². The van der Waals surface area contributed by atoms with Gasteiger partial charge in [0, 0.05) is 24.6 Å². The van der Waals surface area contributed by atoms with E-state index in [9.17, 15) is 18.8 Å². The van der Waals surface area contributed by atoms with E-state index < -0.39 is 18.0 Å². The van der Waals surface area contributed by atoms with Gasteiger partial charge in [0.05, 0.1) is 24.4 Å². The van der Waals surface area contributed by atoms with Crippen molar-refractivity contribution in [1.82, 2.24) is 25.5 Å². The molecule has 8 nitrogen and oxygen atoms in total. The largest absolute Gasteiger partial charge is 0.345 e. The first-order valence-electron chi connectivity index (χ1n) is 12.9. The maximum Gasteiger partial charge on any atom is 0.243 e. The summed E-state index contributed by atoms with van der Waals surface area (Å²) in [6, 6.07) is 3.58. The molecule has 2 aromatic rings. The molecule has 3 N–H and O–H groups in total. The molecule has 9 heteroatoms. The molecular weight excluding hydrogens is 461 g/mol. The van der Waals surface area contributed by atoms with Crippen molar-refractivity contribution in [2.75, 3.05) is 6.54 Å². The molecule has 0 radical (unpaired) electrons. The molecule has 0 unspecified atom stereocenters. The maximum atomic E-state index is 14.4. The number of hydrogen-bond acceptors (Lipinski definition) is 4. The quantitative estimate of drug-likeness (QED) is 0.490. The molecule has 1 aliphatic carbocycles. The van der Waals surface area contributed by atoms with Crippen LogP contribution in [0.25, 0.3) is 11.3 Å². The van der Waals surface area contributed by atoms with Gasteiger partial charge in [0.25, 0.3) is 0 Å². The molecule has 2 heterocycles. The fourth-order valence-corrected chi connectivity index (χ4v) is 4.72. The van der Waals surface area contributed by atoms with E-state index in [0.29, 0.717) is 36.0 Å². The molecule has 1 aromatic carbocycles. The summed E-state index contributed by atoms with van der Waals surface area (Å²) in [5, 5.41) is 5.66. The Labute approximate surface area is 211 Å². The topological polar surface area (TPSA) is 107 Å². The molecule has 1 aromatic heterocycles. The number of aromatic amines is 1. The number of piperidine rings is 1. The standard InChI is InChI=1S/C27H36FN5O3/c1-16-7-10-20(21(28)12-16)23-15-29-26(32-23)18(3)30-27(36)22(31-24(34)13-19-8-9-19)14-25(35)33-11-5-4-6-17(33)2/h7,10,12,15,17-19,22H,4-6,8-9,11,13-14H2,1-3H3,(H,29,32)(H,30,36)(H,31,34)/t17-,18-,22-/m0/s1. The highest BCUT2D eigenvalue weighted by atomic mass is 19.1. The Balaban J connectivity index is 1.43. The minimum absolute atomic E-state index is 0.0860. The first kappa shape index (κ1) is 25.9. The highest BCUT2D eigenvalue weighted by Crippen LogP contribution is 2.32. The molecule has 4 rings (SSSR count). The predicted octanol–water partition coefficient (Wildman–Crippen LogP) is 3.78. The van der Waals surface area contributed by atoms with Crippen LogP contribution in [0.2, 0.25) is 0 Å². The summed E-state index contributed by atoms with van der Waals surface area (Å²) >= 11 is 0. The van der Waals surface area contributed by atoms with Gasteiger partial charge in [0.1, 0.15) is 17.7 Å². The van der Waals surface area contributed by atoms with Crippen molar-refractivity contribution in [1.29, 1.82) is 0 Å². The molecule has 1 aliphatic heterocycles. The first-order chi connectivity index (χ1) is 17.2. The third-order valence-corrected chi connectivity index (χ3v) is 7.10. The lowest BCUT2D eigenvalue weighted by Gasteiger charge is -2.34. The van der Waals surface area contributed by atoms with Gasteiger partial charge in [-0.25, -0.2) is 9.37 Å². The fraction of sp³-hybridized carbons (Fsp3) is 0.556. The smallest absolute Gasteiger partial charge is 0.243 e. The number of nitrogens with one attached hydrogen (secondary N) is 3. The van der Waals surface area contributed by atoms with Crippen molar-refractivity contribution in [3.05, 3.63) is 41.6 Å². The van der Waals surface area contributed by atoms with Crippen LogP contribution in [0, 0.1) is 18.7 Å². The van der Waals surface area contributed by atoms with E-state index in [1.165, 1.54) is 12.3 Å². The number of hydrogen-bond donors (Lipinski definition) is 3. The molecule has 3 atom stereocenters. The van der Waals surface area contributed by atoms with Crippen molar-refractivity contribution in [3.8, 4) is 11.3 Å². The van der Waals surface area contributed by atoms with Gasteiger partial charge in [-0.2, -0.15) is 0 Å². The summed E-state index contributed by atoms with van der Waals surface area (Å²) in [5.41, 5.74) is 1.72. The number of amides is 3. The average Bonchev–Trinajstić information content (AvgIpc) is 3.50. The summed E-state index contributed by atoms with van der Waals surface area (Å²) in [6.07, 6.45) is 6.83. The van der Waals surface area contributed by atoms with Gasteiger partial charge in [-0.1, -0.05) is 6.07 Å². The zero-order chi connectivity index (χ0) is 25.8. The molecule has 0 bridgehead atoms. The van der Waals surface area contributed by atoms with Crippen LogP contribution in [0.1, 0.15) is 76.2 Å². The Bertz CT molecular complexity index is 1110. The summed E-state index contributed by atoms with van der Waals surface area (Å²) in [7, 11) is 0. The number of benzene rings is 1. The number of carbonyl (C=O) groups is 3. The molecule has 1 saturated heterocycles. The maximum absolute atomic E-state index is 14.4. The number of imidazole rings is 1. The van der Waals surface area contributed by atoms with E-state index in [-0.39, 0.29) is 30.1 Å². The third kappa shape index (κ3) is 6.50. The molecule has 3 amide bonds. The van der Waals surface area contributed by atoms with E-state index in [4.69, 9.17) is 0 Å². The zero-order valence-electron chi connectivity index (χ0n) is 21.3. The van der Waals surface area contributed by atoms with Gasteiger partial charge in [-0.05, 0) is 76.5 Å². The highest BCUT2D eigenvalue weighted by molar-refractivity contribution is 5.92. The van der Waals surface area contributed by atoms with E-state index in [1.807, 2.05) is 24.8 Å². The lowest BCUT2D eigenvalue weighted by molar-refractivity contribution is -0.138. The summed E-state index contributed by atoms with van der Waals surface area (Å²) < 4.78 is 14.4. The number of carbonyl (C=O) groups excluding carboxylic acids is 3. The van der Waals surface area contributed by atoms with Gasteiger partial charge >= 0.3 is 0 Å². The predicted molar refractivity (Wildman–Crippen MR) is 134 cm³/mol. The average molecular weight is 498 g/mol. The summed E-state index contributed by atoms with van der Waals surface area (Å²) in [4.78, 5) is 48.0. The Morgan fingerprint density at radius 2 is 1.97 bits per heavy atom. The third-order valence-electron chi connectivity index (χ3n) is 7.10. The van der Waals surface area contributed by atoms with E-state index in [1.54, 1.807) is 13.0 Å². The number of rotatable bonds is 9. The molecule has 1 saturated carbocycles. The molecule has 194 valence electrons. The Morgan fingerprint density at radius 3 is 2.67 bits per heavy atom. The molecule has 2 fully saturated rings. The number of nitrogens with zero attached hydrogens (tertiary/aromatic N) is 2. The van der Waals surface area contributed by atoms with Gasteiger partial charge in [0.2, 0.25) is 17.7 Å². The van der Waals surface area contributed by atoms with Gasteiger partial charge in [-0.3, -0.25) is 14.4 Å².